The summed E-state index contributed by atoms with van der Waals surface area (Å²) in [6.07, 6.45) is 0. The zero-order chi connectivity index (χ0) is 21.9. The van der Waals surface area contributed by atoms with E-state index in [0.29, 0.717) is 4.57 Å². The van der Waals surface area contributed by atoms with E-state index in [2.05, 4.69) is 4.98 Å². The Kier molecular flexibility index (Phi) is 4.72. The Morgan fingerprint density at radius 3 is 2.45 bits per heavy atom. The molecule has 0 fully saturated rings. The van der Waals surface area contributed by atoms with Gasteiger partial charge in [-0.15, -0.1) is 0 Å². The van der Waals surface area contributed by atoms with Gasteiger partial charge in [0.1, 0.15) is 5.78 Å². The molecule has 29 heavy (non-hydrogen) atoms. The largest absolute Gasteiger partial charge is 0.347 e. The molecule has 1 atom stereocenters. The molecule has 3 rings (SSSR count). The van der Waals surface area contributed by atoms with Crippen LogP contribution < -0.4 is 16.3 Å². The molecule has 3 aromatic rings. The van der Waals surface area contributed by atoms with E-state index in [-0.39, 0.29) is 16.4 Å². The van der Waals surface area contributed by atoms with Crippen LogP contribution in [-0.2, 0) is 14.6 Å². The van der Waals surface area contributed by atoms with E-state index < -0.39 is 55.4 Å². The van der Waals surface area contributed by atoms with E-state index in [1.54, 1.807) is 0 Å². The summed E-state index contributed by atoms with van der Waals surface area (Å²) in [6, 6.07) is 4.21. The van der Waals surface area contributed by atoms with Crippen LogP contribution in [-0.4, -0.2) is 32.7 Å². The lowest BCUT2D eigenvalue weighted by Crippen LogP contribution is -2.37. The number of nitrogens with zero attached hydrogens (tertiary/aromatic N) is 2. The third-order valence-electron chi connectivity index (χ3n) is 4.34. The number of aromatic amines is 1. The van der Waals surface area contributed by atoms with Crippen LogP contribution in [0.25, 0.3) is 21.8 Å². The maximum Gasteiger partial charge on any atom is 0.347 e. The Balaban J connectivity index is 2.76. The van der Waals surface area contributed by atoms with Crippen LogP contribution in [0.2, 0.25) is 0 Å². The number of rotatable bonds is 4. The van der Waals surface area contributed by atoms with Gasteiger partial charge in [-0.3, -0.25) is 28.8 Å². The Morgan fingerprint density at radius 1 is 1.31 bits per heavy atom. The predicted molar refractivity (Wildman–Crippen MR) is 101 cm³/mol. The molecular weight excluding hydrogens is 431 g/mol. The number of primary sulfonamides is 1. The lowest BCUT2D eigenvalue weighted by Gasteiger charge is -2.20. The van der Waals surface area contributed by atoms with Crippen LogP contribution >= 0.6 is 7.60 Å². The van der Waals surface area contributed by atoms with Crippen molar-refractivity contribution in [3.63, 3.8) is 0 Å². The monoisotopic (exact) mass is 444 g/mol. The van der Waals surface area contributed by atoms with Gasteiger partial charge in [0.15, 0.2) is 0 Å². The lowest BCUT2D eigenvalue weighted by atomic mass is 10.1. The van der Waals surface area contributed by atoms with Crippen LogP contribution in [0.15, 0.2) is 38.8 Å². The predicted octanol–water partition coefficient (Wildman–Crippen LogP) is 0.0948. The maximum atomic E-state index is 12.4. The minimum atomic E-state index is -4.95. The third kappa shape index (κ3) is 3.36. The number of hydrogen-bond donors (Lipinski definition) is 4. The highest BCUT2D eigenvalue weighted by atomic mass is 32.2. The summed E-state index contributed by atoms with van der Waals surface area (Å²) in [7, 11) is -9.40. The Labute approximate surface area is 160 Å². The molecule has 2 aromatic carbocycles. The number of aromatic nitrogens is 2. The quantitative estimate of drug-likeness (QED) is 0.141. The van der Waals surface area contributed by atoms with Gasteiger partial charge in [-0.25, -0.2) is 13.6 Å². The fraction of sp³-hybridized carbons (Fsp3) is 0.143. The molecule has 0 aliphatic heterocycles. The van der Waals surface area contributed by atoms with Gasteiger partial charge in [0.25, 0.3) is 5.69 Å². The molecule has 1 heterocycles. The lowest BCUT2D eigenvalue weighted by molar-refractivity contribution is -0.383. The highest BCUT2D eigenvalue weighted by Crippen LogP contribution is 2.49. The molecule has 0 aliphatic carbocycles. The van der Waals surface area contributed by atoms with E-state index in [9.17, 15) is 42.5 Å². The fourth-order valence-corrected chi connectivity index (χ4v) is 4.33. The van der Waals surface area contributed by atoms with Crippen molar-refractivity contribution in [2.45, 2.75) is 17.6 Å². The molecule has 1 aromatic heterocycles. The summed E-state index contributed by atoms with van der Waals surface area (Å²) < 4.78 is 36.2. The first kappa shape index (κ1) is 20.8. The molecule has 0 spiro atoms. The molecule has 0 amide bonds. The molecule has 1 unspecified atom stereocenters. The zero-order valence-corrected chi connectivity index (χ0v) is 16.2. The smallest absolute Gasteiger partial charge is 0.323 e. The summed E-state index contributed by atoms with van der Waals surface area (Å²) in [5.41, 5.74) is -3.92. The van der Waals surface area contributed by atoms with Gasteiger partial charge >= 0.3 is 18.7 Å². The molecule has 0 aliphatic rings. The molecule has 15 heteroatoms. The maximum absolute atomic E-state index is 12.4. The number of fused-ring (bicyclic) bond motifs is 3. The average molecular weight is 444 g/mol. The molecule has 0 radical (unpaired) electrons. The Hall–Kier alpha value is -2.90. The van der Waals surface area contributed by atoms with Crippen molar-refractivity contribution < 1.29 is 27.7 Å². The molecule has 0 bridgehead atoms. The SMILES string of the molecule is CC(n1c(=O)c(=O)[nH]c2cc([N+](=O)[O-])c3c(S(N)(=O)=O)cccc3c21)P(=O)(O)O. The molecule has 0 saturated carbocycles. The summed E-state index contributed by atoms with van der Waals surface area (Å²) in [6.45, 7) is 0.984. The van der Waals surface area contributed by atoms with Gasteiger partial charge < -0.3 is 14.8 Å². The van der Waals surface area contributed by atoms with Crippen molar-refractivity contribution in [1.29, 1.82) is 0 Å². The second-order valence-corrected chi connectivity index (χ2v) is 9.58. The number of hydrogen-bond acceptors (Lipinski definition) is 7. The van der Waals surface area contributed by atoms with Crippen molar-refractivity contribution >= 4 is 45.1 Å². The number of H-pyrrole nitrogens is 1. The van der Waals surface area contributed by atoms with Crippen LogP contribution in [0, 0.1) is 10.1 Å². The number of nitrogens with one attached hydrogen (secondary N) is 1. The van der Waals surface area contributed by atoms with Gasteiger partial charge in [0.05, 0.1) is 26.2 Å². The van der Waals surface area contributed by atoms with Gasteiger partial charge in [0, 0.05) is 11.5 Å². The van der Waals surface area contributed by atoms with Crippen LogP contribution in [0.5, 0.6) is 0 Å². The number of nitrogens with two attached hydrogens (primary N) is 1. The van der Waals surface area contributed by atoms with Crippen molar-refractivity contribution in [3.05, 3.63) is 55.1 Å². The average Bonchev–Trinajstić information content (AvgIpc) is 2.59. The zero-order valence-electron chi connectivity index (χ0n) is 14.5. The van der Waals surface area contributed by atoms with Crippen molar-refractivity contribution in [2.24, 2.45) is 5.14 Å². The minimum Gasteiger partial charge on any atom is -0.323 e. The highest BCUT2D eigenvalue weighted by molar-refractivity contribution is 7.89. The molecule has 0 saturated heterocycles. The van der Waals surface area contributed by atoms with E-state index in [1.807, 2.05) is 0 Å². The first-order chi connectivity index (χ1) is 13.2. The first-order valence-corrected chi connectivity index (χ1v) is 10.9. The van der Waals surface area contributed by atoms with Gasteiger partial charge in [-0.05, 0) is 13.0 Å². The number of benzene rings is 2. The summed E-state index contributed by atoms with van der Waals surface area (Å²) in [5, 5.41) is 16.0. The first-order valence-electron chi connectivity index (χ1n) is 7.72. The second-order valence-electron chi connectivity index (χ2n) is 6.12. The molecule has 13 nitrogen and oxygen atoms in total. The number of sulfonamides is 1. The second kappa shape index (κ2) is 6.57. The standard InChI is InChI=1S/C14H13N4O9PS/c1-6(28(23,24)25)17-12-7-3-2-4-10(29(15,26)27)11(7)9(18(21)22)5-8(12)16-13(19)14(17)20/h2-6H,1H3,(H,16,19)(H2,15,26,27)(H2,23,24,25). The molecule has 154 valence electrons. The summed E-state index contributed by atoms with van der Waals surface area (Å²) in [5.74, 6) is -1.82. The number of nitro benzene ring substituents is 1. The minimum absolute atomic E-state index is 0.214. The van der Waals surface area contributed by atoms with E-state index in [0.717, 1.165) is 19.1 Å². The normalized spacial score (nSPS) is 13.7. The topological polar surface area (TPSA) is 216 Å². The van der Waals surface area contributed by atoms with Crippen molar-refractivity contribution in [3.8, 4) is 0 Å². The van der Waals surface area contributed by atoms with E-state index in [1.165, 1.54) is 12.1 Å². The molecular formula is C14H13N4O9PS. The van der Waals surface area contributed by atoms with Gasteiger partial charge in [-0.2, -0.15) is 0 Å². The van der Waals surface area contributed by atoms with E-state index in [4.69, 9.17) is 5.14 Å². The van der Waals surface area contributed by atoms with Crippen molar-refractivity contribution in [1.82, 2.24) is 9.55 Å². The molecule has 5 N–H and O–H groups in total. The number of nitro groups is 1. The summed E-state index contributed by atoms with van der Waals surface area (Å²) in [4.78, 5) is 55.6. The summed E-state index contributed by atoms with van der Waals surface area (Å²) >= 11 is 0. The van der Waals surface area contributed by atoms with Crippen LogP contribution in [0.1, 0.15) is 12.7 Å². The van der Waals surface area contributed by atoms with Crippen LogP contribution in [0.3, 0.4) is 0 Å². The van der Waals surface area contributed by atoms with Crippen LogP contribution in [0.4, 0.5) is 5.69 Å². The fourth-order valence-electron chi connectivity index (χ4n) is 3.04. The Morgan fingerprint density at radius 2 is 1.93 bits per heavy atom. The third-order valence-corrected chi connectivity index (χ3v) is 6.50. The highest BCUT2D eigenvalue weighted by Gasteiger charge is 2.31. The van der Waals surface area contributed by atoms with Crippen molar-refractivity contribution in [2.75, 3.05) is 0 Å². The van der Waals surface area contributed by atoms with Gasteiger partial charge in [0.2, 0.25) is 10.0 Å². The van der Waals surface area contributed by atoms with Gasteiger partial charge in [-0.1, -0.05) is 12.1 Å². The number of non-ortho nitro benzene ring substituents is 1. The van der Waals surface area contributed by atoms with E-state index >= 15 is 0 Å². The Bertz CT molecular complexity index is 1470.